The van der Waals surface area contributed by atoms with Gasteiger partial charge in [-0.2, -0.15) is 8.78 Å². The smallest absolute Gasteiger partial charge is 0.387 e. The van der Waals surface area contributed by atoms with Crippen molar-refractivity contribution in [1.29, 1.82) is 0 Å². The van der Waals surface area contributed by atoms with Gasteiger partial charge in [0, 0.05) is 24.5 Å². The molecule has 2 heterocycles. The van der Waals surface area contributed by atoms with E-state index in [1.54, 1.807) is 23.5 Å². The number of benzene rings is 1. The lowest BCUT2D eigenvalue weighted by molar-refractivity contribution is -0.0509. The molecule has 0 saturated carbocycles. The molecule has 3 rings (SSSR count). The summed E-state index contributed by atoms with van der Waals surface area (Å²) in [6.45, 7) is 2.21. The molecule has 0 aliphatic carbocycles. The fourth-order valence-corrected chi connectivity index (χ4v) is 3.44. The molecule has 0 amide bonds. The van der Waals surface area contributed by atoms with E-state index in [0.29, 0.717) is 6.61 Å². The van der Waals surface area contributed by atoms with Gasteiger partial charge in [0.05, 0.1) is 23.9 Å². The number of thiazole rings is 1. The number of morpholine rings is 1. The summed E-state index contributed by atoms with van der Waals surface area (Å²) < 4.78 is 35.0. The number of nitrogens with zero attached hydrogens (tertiary/aromatic N) is 2. The van der Waals surface area contributed by atoms with E-state index in [4.69, 9.17) is 4.74 Å². The van der Waals surface area contributed by atoms with Crippen LogP contribution < -0.4 is 4.74 Å². The third-order valence-corrected chi connectivity index (χ3v) is 4.74. The molecule has 1 aliphatic rings. The average molecular weight is 340 g/mol. The number of aromatic nitrogens is 1. The highest BCUT2D eigenvalue weighted by Gasteiger charge is 2.23. The Kier molecular flexibility index (Phi) is 5.20. The van der Waals surface area contributed by atoms with Crippen LogP contribution in [0.5, 0.6) is 5.75 Å². The minimum absolute atomic E-state index is 0.141. The Morgan fingerprint density at radius 1 is 1.48 bits per heavy atom. The van der Waals surface area contributed by atoms with Gasteiger partial charge in [0.25, 0.3) is 0 Å². The Morgan fingerprint density at radius 2 is 2.35 bits per heavy atom. The Balaban J connectivity index is 1.67. The van der Waals surface area contributed by atoms with Crippen LogP contribution in [0.2, 0.25) is 0 Å². The molecule has 0 N–H and O–H groups in total. The first-order valence-electron chi connectivity index (χ1n) is 7.39. The number of alkyl halides is 2. The lowest BCUT2D eigenvalue weighted by atomic mass is 10.1. The molecule has 2 aromatic rings. The van der Waals surface area contributed by atoms with Crippen molar-refractivity contribution in [2.45, 2.75) is 26.2 Å². The molecule has 0 unspecified atom stereocenters. The van der Waals surface area contributed by atoms with Gasteiger partial charge in [-0.25, -0.2) is 4.98 Å². The highest BCUT2D eigenvalue weighted by molar-refractivity contribution is 7.09. The van der Waals surface area contributed by atoms with Crippen molar-refractivity contribution < 1.29 is 18.3 Å². The molecule has 0 spiro atoms. The van der Waals surface area contributed by atoms with E-state index >= 15 is 0 Å². The Bertz CT molecular complexity index is 651. The number of hydrogen-bond donors (Lipinski definition) is 0. The Labute approximate surface area is 137 Å². The lowest BCUT2D eigenvalue weighted by Crippen LogP contribution is -2.37. The summed E-state index contributed by atoms with van der Waals surface area (Å²) in [6.07, 6.45) is -0.141. The molecule has 1 aromatic heterocycles. The van der Waals surface area contributed by atoms with Crippen molar-refractivity contribution in [1.82, 2.24) is 9.88 Å². The fourth-order valence-electron chi connectivity index (χ4n) is 2.62. The Hall–Kier alpha value is -1.57. The molecular weight excluding hydrogens is 322 g/mol. The van der Waals surface area contributed by atoms with Gasteiger partial charge >= 0.3 is 6.61 Å². The molecule has 1 saturated heterocycles. The maximum Gasteiger partial charge on any atom is 0.387 e. The largest absolute Gasteiger partial charge is 0.435 e. The summed E-state index contributed by atoms with van der Waals surface area (Å²) in [4.78, 5) is 7.82. The summed E-state index contributed by atoms with van der Waals surface area (Å²) in [5, 5.41) is 0. The van der Waals surface area contributed by atoms with E-state index in [0.717, 1.165) is 30.9 Å². The lowest BCUT2D eigenvalue weighted by Gasteiger charge is -2.33. The summed E-state index contributed by atoms with van der Waals surface area (Å²) in [5.41, 5.74) is 3.77. The molecule has 1 aromatic carbocycles. The van der Waals surface area contributed by atoms with Gasteiger partial charge in [-0.3, -0.25) is 4.90 Å². The average Bonchev–Trinajstić information content (AvgIpc) is 2.92. The van der Waals surface area contributed by atoms with E-state index in [9.17, 15) is 8.78 Å². The molecule has 4 nitrogen and oxygen atoms in total. The monoisotopic (exact) mass is 340 g/mol. The van der Waals surface area contributed by atoms with E-state index in [2.05, 4.69) is 14.6 Å². The Morgan fingerprint density at radius 3 is 3.09 bits per heavy atom. The standard InChI is InChI=1S/C16H18F2N2O2S/c1-11-15(23-10-19-11)9-20-5-6-21-14(8-20)12-3-2-4-13(7-12)22-16(17)18/h2-4,7,10,14,16H,5-6,8-9H2,1H3/t14-/m0/s1. The summed E-state index contributed by atoms with van der Waals surface area (Å²) >= 11 is 1.65. The van der Waals surface area contributed by atoms with E-state index < -0.39 is 6.61 Å². The predicted molar refractivity (Wildman–Crippen MR) is 83.9 cm³/mol. The highest BCUT2D eigenvalue weighted by atomic mass is 32.1. The number of rotatable bonds is 5. The van der Waals surface area contributed by atoms with Crippen LogP contribution in [0.25, 0.3) is 0 Å². The zero-order valence-corrected chi connectivity index (χ0v) is 13.6. The molecule has 0 bridgehead atoms. The minimum atomic E-state index is -2.82. The molecule has 1 atom stereocenters. The summed E-state index contributed by atoms with van der Waals surface area (Å²) in [7, 11) is 0. The first-order valence-corrected chi connectivity index (χ1v) is 8.27. The van der Waals surface area contributed by atoms with E-state index in [-0.39, 0.29) is 11.9 Å². The zero-order chi connectivity index (χ0) is 16.2. The van der Waals surface area contributed by atoms with Crippen molar-refractivity contribution >= 4 is 11.3 Å². The first-order chi connectivity index (χ1) is 11.1. The summed E-state index contributed by atoms with van der Waals surface area (Å²) in [5.74, 6) is 0.163. The molecular formula is C16H18F2N2O2S. The molecule has 7 heteroatoms. The molecule has 1 fully saturated rings. The third kappa shape index (κ3) is 4.25. The maximum atomic E-state index is 12.3. The van der Waals surface area contributed by atoms with Crippen molar-refractivity contribution in [3.8, 4) is 5.75 Å². The van der Waals surface area contributed by atoms with Crippen LogP contribution >= 0.6 is 11.3 Å². The minimum Gasteiger partial charge on any atom is -0.435 e. The molecule has 23 heavy (non-hydrogen) atoms. The maximum absolute atomic E-state index is 12.3. The van der Waals surface area contributed by atoms with E-state index in [1.807, 2.05) is 18.5 Å². The van der Waals surface area contributed by atoms with Crippen LogP contribution in [-0.4, -0.2) is 36.2 Å². The number of ether oxygens (including phenoxy) is 2. The van der Waals surface area contributed by atoms with Gasteiger partial charge < -0.3 is 9.47 Å². The molecule has 124 valence electrons. The van der Waals surface area contributed by atoms with Gasteiger partial charge in [-0.15, -0.1) is 11.3 Å². The second kappa shape index (κ2) is 7.33. The van der Waals surface area contributed by atoms with Crippen LogP contribution in [0.1, 0.15) is 22.2 Å². The molecule has 0 radical (unpaired) electrons. The van der Waals surface area contributed by atoms with Crippen LogP contribution in [0.4, 0.5) is 8.78 Å². The van der Waals surface area contributed by atoms with Crippen molar-refractivity contribution in [3.63, 3.8) is 0 Å². The number of aryl methyl sites for hydroxylation is 1. The van der Waals surface area contributed by atoms with Gasteiger partial charge in [0.15, 0.2) is 0 Å². The van der Waals surface area contributed by atoms with Crippen LogP contribution in [0.15, 0.2) is 29.8 Å². The molecule has 1 aliphatic heterocycles. The van der Waals surface area contributed by atoms with Crippen molar-refractivity contribution in [3.05, 3.63) is 45.9 Å². The van der Waals surface area contributed by atoms with Gasteiger partial charge in [0.1, 0.15) is 5.75 Å². The number of halogens is 2. The normalized spacial score (nSPS) is 19.2. The fraction of sp³-hybridized carbons (Fsp3) is 0.438. The van der Waals surface area contributed by atoms with Crippen LogP contribution in [0.3, 0.4) is 0 Å². The van der Waals surface area contributed by atoms with Crippen molar-refractivity contribution in [2.24, 2.45) is 0 Å². The van der Waals surface area contributed by atoms with Crippen LogP contribution in [0, 0.1) is 6.92 Å². The predicted octanol–water partition coefficient (Wildman–Crippen LogP) is 3.63. The SMILES string of the molecule is Cc1ncsc1CN1CCO[C@H](c2cccc(OC(F)F)c2)C1. The van der Waals surface area contributed by atoms with Gasteiger partial charge in [-0.1, -0.05) is 12.1 Å². The summed E-state index contributed by atoms with van der Waals surface area (Å²) in [6, 6.07) is 6.74. The topological polar surface area (TPSA) is 34.6 Å². The van der Waals surface area contributed by atoms with E-state index in [1.165, 1.54) is 10.9 Å². The second-order valence-corrected chi connectivity index (χ2v) is 6.35. The van der Waals surface area contributed by atoms with Crippen molar-refractivity contribution in [2.75, 3.05) is 19.7 Å². The quantitative estimate of drug-likeness (QED) is 0.832. The zero-order valence-electron chi connectivity index (χ0n) is 12.7. The van der Waals surface area contributed by atoms with Crippen LogP contribution in [-0.2, 0) is 11.3 Å². The first kappa shape index (κ1) is 16.3. The second-order valence-electron chi connectivity index (χ2n) is 5.41. The highest BCUT2D eigenvalue weighted by Crippen LogP contribution is 2.27. The third-order valence-electron chi connectivity index (χ3n) is 3.82. The number of hydrogen-bond acceptors (Lipinski definition) is 5. The van der Waals surface area contributed by atoms with Gasteiger partial charge in [-0.05, 0) is 24.6 Å². The van der Waals surface area contributed by atoms with Gasteiger partial charge in [0.2, 0.25) is 0 Å².